The van der Waals surface area contributed by atoms with Gasteiger partial charge in [-0.1, -0.05) is 70.2 Å². The van der Waals surface area contributed by atoms with Gasteiger partial charge in [0.1, 0.15) is 6.04 Å². The highest BCUT2D eigenvalue weighted by Gasteiger charge is 2.18. The minimum Gasteiger partial charge on any atom is -0.215 e. The van der Waals surface area contributed by atoms with Crippen LogP contribution in [-0.2, 0) is 11.5 Å². The van der Waals surface area contributed by atoms with Gasteiger partial charge in [0.15, 0.2) is 11.5 Å². The zero-order valence-electron chi connectivity index (χ0n) is 15.0. The fourth-order valence-electron chi connectivity index (χ4n) is 2.52. The molecule has 0 aromatic heterocycles. The van der Waals surface area contributed by atoms with Crippen LogP contribution in [0.5, 0.6) is 0 Å². The van der Waals surface area contributed by atoms with Gasteiger partial charge in [-0.15, -0.1) is 0 Å². The van der Waals surface area contributed by atoms with Crippen molar-refractivity contribution in [1.82, 2.24) is 0 Å². The molecule has 0 radical (unpaired) electrons. The van der Waals surface area contributed by atoms with Crippen LogP contribution in [0, 0.1) is 11.8 Å². The lowest BCUT2D eigenvalue weighted by atomic mass is 9.90. The maximum atomic E-state index is 9.77. The first kappa shape index (κ1) is 19.6. The van der Waals surface area contributed by atoms with Gasteiger partial charge in [0, 0.05) is 16.8 Å². The summed E-state index contributed by atoms with van der Waals surface area (Å²) in [6.07, 6.45) is 9.80. The van der Waals surface area contributed by atoms with Gasteiger partial charge in [0.25, 0.3) is 0 Å². The summed E-state index contributed by atoms with van der Waals surface area (Å²) in [6.45, 7) is 8.90. The Hall–Kier alpha value is -1.72. The van der Waals surface area contributed by atoms with E-state index in [1.165, 1.54) is 21.7 Å². The number of rotatable bonds is 3. The quantitative estimate of drug-likeness (QED) is 0.637. The van der Waals surface area contributed by atoms with Crippen molar-refractivity contribution in [3.8, 4) is 0 Å². The third-order valence-electron chi connectivity index (χ3n) is 3.83. The van der Waals surface area contributed by atoms with Gasteiger partial charge in [-0.2, -0.15) is 8.57 Å². The predicted octanol–water partition coefficient (Wildman–Crippen LogP) is 5.72. The average Bonchev–Trinajstić information content (AvgIpc) is 3.00. The lowest BCUT2D eigenvalue weighted by Gasteiger charge is -2.15. The highest BCUT2D eigenvalue weighted by atomic mass is 32.2. The van der Waals surface area contributed by atoms with E-state index in [1.807, 2.05) is 24.3 Å². The molecule has 0 saturated heterocycles. The molecule has 0 spiro atoms. The van der Waals surface area contributed by atoms with Crippen LogP contribution in [-0.4, -0.2) is 16.0 Å². The van der Waals surface area contributed by atoms with E-state index >= 15 is 0 Å². The maximum absolute atomic E-state index is 9.77. The van der Waals surface area contributed by atoms with Gasteiger partial charge in [0.2, 0.25) is 0 Å². The van der Waals surface area contributed by atoms with Crippen molar-refractivity contribution in [2.45, 2.75) is 38.6 Å². The third kappa shape index (κ3) is 5.65. The Balaban J connectivity index is 0.000000236. The van der Waals surface area contributed by atoms with Crippen molar-refractivity contribution in [2.24, 2.45) is 20.6 Å². The van der Waals surface area contributed by atoms with E-state index in [9.17, 15) is 4.21 Å². The number of nitrogens with zero attached hydrogens (tertiary/aromatic N) is 2. The van der Waals surface area contributed by atoms with Gasteiger partial charge < -0.3 is 0 Å². The normalized spacial score (nSPS) is 15.9. The molecular weight excluding hydrogens is 348 g/mol. The highest BCUT2D eigenvalue weighted by molar-refractivity contribution is 7.98. The van der Waals surface area contributed by atoms with Crippen LogP contribution in [0.1, 0.15) is 33.3 Å². The van der Waals surface area contributed by atoms with E-state index in [1.54, 1.807) is 11.9 Å². The van der Waals surface area contributed by atoms with Gasteiger partial charge in [-0.3, -0.25) is 0 Å². The number of allylic oxidation sites excluding steroid dienone is 3. The van der Waals surface area contributed by atoms with Crippen LogP contribution in [0.4, 0.5) is 0 Å². The molecule has 1 aliphatic heterocycles. The molecule has 0 unspecified atom stereocenters. The summed E-state index contributed by atoms with van der Waals surface area (Å²) < 4.78 is 18.1. The Kier molecular flexibility index (Phi) is 7.59. The van der Waals surface area contributed by atoms with E-state index in [0.29, 0.717) is 11.8 Å². The van der Waals surface area contributed by atoms with Crippen molar-refractivity contribution in [3.63, 3.8) is 0 Å². The molecule has 5 heteroatoms. The Morgan fingerprint density at radius 1 is 1.08 bits per heavy atom. The summed E-state index contributed by atoms with van der Waals surface area (Å²) in [5.41, 5.74) is 3.90. The Bertz CT molecular complexity index is 758. The van der Waals surface area contributed by atoms with Crippen LogP contribution >= 0.6 is 11.9 Å². The number of hydrogen-bond donors (Lipinski definition) is 0. The average molecular weight is 373 g/mol. The molecule has 0 N–H and O–H groups in total. The van der Waals surface area contributed by atoms with Gasteiger partial charge >= 0.3 is 0 Å². The molecule has 0 bridgehead atoms. The minimum atomic E-state index is 0.0255. The maximum Gasteiger partial charge on any atom is 0.200 e. The number of benzene rings is 1. The number of fused-ring (bicyclic) bond motifs is 1. The van der Waals surface area contributed by atoms with Gasteiger partial charge in [-0.05, 0) is 35.1 Å². The van der Waals surface area contributed by atoms with E-state index in [2.05, 4.69) is 62.4 Å². The van der Waals surface area contributed by atoms with E-state index < -0.39 is 0 Å². The molecule has 132 valence electrons. The second-order valence-electron chi connectivity index (χ2n) is 6.46. The molecule has 0 saturated carbocycles. The first-order valence-corrected chi connectivity index (χ1v) is 9.90. The van der Waals surface area contributed by atoms with E-state index in [-0.39, 0.29) is 17.5 Å². The topological polar surface area (TPSA) is 41.8 Å². The zero-order chi connectivity index (χ0) is 18.2. The van der Waals surface area contributed by atoms with E-state index in [4.69, 9.17) is 4.40 Å². The first-order valence-electron chi connectivity index (χ1n) is 8.43. The fourth-order valence-corrected chi connectivity index (χ4v) is 3.64. The van der Waals surface area contributed by atoms with Crippen molar-refractivity contribution in [2.75, 3.05) is 0 Å². The van der Waals surface area contributed by atoms with Crippen molar-refractivity contribution in [1.29, 1.82) is 0 Å². The van der Waals surface area contributed by atoms with Crippen LogP contribution in [0.25, 0.3) is 6.08 Å². The Morgan fingerprint density at radius 2 is 1.76 bits per heavy atom. The lowest BCUT2D eigenvalue weighted by molar-refractivity contribution is 0.696. The smallest absolute Gasteiger partial charge is 0.200 e. The summed E-state index contributed by atoms with van der Waals surface area (Å²) in [7, 11) is 0. The highest BCUT2D eigenvalue weighted by Crippen LogP contribution is 2.33. The molecule has 0 atom stereocenters. The summed E-state index contributed by atoms with van der Waals surface area (Å²) in [5, 5.41) is 0. The van der Waals surface area contributed by atoms with Crippen molar-refractivity contribution in [3.05, 3.63) is 59.7 Å². The molecule has 0 amide bonds. The van der Waals surface area contributed by atoms with Gasteiger partial charge in [-0.25, -0.2) is 4.40 Å². The molecule has 1 heterocycles. The standard InChI is InChI=1S/C15H19NS.C5H5NOS/c1-10(2)13-9-12-7-5-6-8-14(12)17-16-15(13)11(3)4;7-8-6-5-3-1-2-4-5/h5-11H,1-4H3;1-5H. The van der Waals surface area contributed by atoms with Crippen LogP contribution in [0.15, 0.2) is 67.8 Å². The summed E-state index contributed by atoms with van der Waals surface area (Å²) >= 11 is 1.87. The molecule has 2 aliphatic rings. The molecule has 3 rings (SSSR count). The largest absolute Gasteiger partial charge is 0.215 e. The van der Waals surface area contributed by atoms with Crippen molar-refractivity contribution >= 4 is 35.2 Å². The zero-order valence-corrected chi connectivity index (χ0v) is 16.7. The molecule has 25 heavy (non-hydrogen) atoms. The SMILES string of the molecule is CC(C)C1=Cc2ccccc2SN=C1C(C)C.O=S=NC1C=CC=C1. The molecule has 3 nitrogen and oxygen atoms in total. The monoisotopic (exact) mass is 372 g/mol. The second-order valence-corrected chi connectivity index (χ2v) is 7.62. The van der Waals surface area contributed by atoms with Crippen LogP contribution < -0.4 is 0 Å². The predicted molar refractivity (Wildman–Crippen MR) is 110 cm³/mol. The van der Waals surface area contributed by atoms with Crippen molar-refractivity contribution < 1.29 is 4.21 Å². The first-order chi connectivity index (χ1) is 12.0. The molecular formula is C20H24N2OS2. The Morgan fingerprint density at radius 3 is 2.36 bits per heavy atom. The molecule has 1 aliphatic carbocycles. The third-order valence-corrected chi connectivity index (χ3v) is 5.02. The number of hydrogen-bond acceptors (Lipinski definition) is 4. The fraction of sp³-hybridized carbons (Fsp3) is 0.350. The molecule has 1 aromatic carbocycles. The summed E-state index contributed by atoms with van der Waals surface area (Å²) in [6, 6.07) is 8.50. The molecule has 1 aromatic rings. The summed E-state index contributed by atoms with van der Waals surface area (Å²) in [4.78, 5) is 1.25. The van der Waals surface area contributed by atoms with E-state index in [0.717, 1.165) is 0 Å². The Labute approximate surface area is 158 Å². The molecule has 0 fully saturated rings. The van der Waals surface area contributed by atoms with Crippen LogP contribution in [0.3, 0.4) is 0 Å². The van der Waals surface area contributed by atoms with Crippen LogP contribution in [0.2, 0.25) is 0 Å². The minimum absolute atomic E-state index is 0.0255. The second kappa shape index (κ2) is 9.68. The summed E-state index contributed by atoms with van der Waals surface area (Å²) in [5.74, 6) is 0.994. The lowest BCUT2D eigenvalue weighted by Crippen LogP contribution is -2.14. The van der Waals surface area contributed by atoms with Gasteiger partial charge in [0.05, 0.1) is 5.71 Å².